The third-order valence-corrected chi connectivity index (χ3v) is 6.72. The van der Waals surface area contributed by atoms with Gasteiger partial charge >= 0.3 is 0 Å². The Kier molecular flexibility index (Phi) is 6.90. The van der Waals surface area contributed by atoms with Crippen molar-refractivity contribution in [2.24, 2.45) is 4.40 Å². The highest BCUT2D eigenvalue weighted by molar-refractivity contribution is 7.90. The third-order valence-electron chi connectivity index (χ3n) is 5.40. The van der Waals surface area contributed by atoms with Gasteiger partial charge in [0.25, 0.3) is 10.0 Å². The van der Waals surface area contributed by atoms with E-state index in [1.54, 1.807) is 6.07 Å². The second-order valence-electron chi connectivity index (χ2n) is 7.80. The molecule has 1 saturated heterocycles. The number of anilines is 1. The van der Waals surface area contributed by atoms with Gasteiger partial charge in [-0.1, -0.05) is 12.1 Å². The number of likely N-dealkylation sites (tertiary alicyclic amines) is 1. The Labute approximate surface area is 183 Å². The van der Waals surface area contributed by atoms with Crippen LogP contribution in [0.4, 0.5) is 5.69 Å². The Morgan fingerprint density at radius 2 is 1.74 bits per heavy atom. The number of rotatable bonds is 7. The molecular formula is C23H27N3O4S. The first-order valence-electron chi connectivity index (χ1n) is 10.2. The van der Waals surface area contributed by atoms with E-state index in [9.17, 15) is 18.0 Å². The van der Waals surface area contributed by atoms with Gasteiger partial charge in [-0.25, -0.2) is 0 Å². The summed E-state index contributed by atoms with van der Waals surface area (Å²) < 4.78 is 28.9. The topological polar surface area (TPSA) is 95.9 Å². The number of hydrogen-bond donors (Lipinski definition) is 1. The third kappa shape index (κ3) is 5.79. The molecule has 8 heteroatoms. The number of nitrogens with zero attached hydrogens (tertiary/aromatic N) is 2. The van der Waals surface area contributed by atoms with E-state index in [-0.39, 0.29) is 29.4 Å². The standard InChI is InChI=1S/C23H27N3O4S/c1-16-6-7-18(15-17(16)2)21(27)12-13-23(28)24-19-8-10-20(11-9-19)31(29,30)25-22-5-4-14-26(22)3/h6-11,15H,4-5,12-14H2,1-3H3,(H,24,28)/b25-22+. The van der Waals surface area contributed by atoms with Gasteiger partial charge in [0.2, 0.25) is 5.91 Å². The molecule has 0 aliphatic carbocycles. The lowest BCUT2D eigenvalue weighted by atomic mass is 10.0. The number of carbonyl (C=O) groups excluding carboxylic acids is 2. The Hall–Kier alpha value is -3.00. The van der Waals surface area contributed by atoms with Crippen molar-refractivity contribution in [2.45, 2.75) is 44.4 Å². The van der Waals surface area contributed by atoms with Crippen molar-refractivity contribution in [2.75, 3.05) is 18.9 Å². The average molecular weight is 442 g/mol. The summed E-state index contributed by atoms with van der Waals surface area (Å²) in [6.45, 7) is 4.72. The summed E-state index contributed by atoms with van der Waals surface area (Å²) in [7, 11) is -1.97. The Morgan fingerprint density at radius 1 is 1.03 bits per heavy atom. The van der Waals surface area contributed by atoms with Gasteiger partial charge in [-0.3, -0.25) is 9.59 Å². The summed E-state index contributed by atoms with van der Waals surface area (Å²) in [6.07, 6.45) is 1.68. The zero-order chi connectivity index (χ0) is 22.6. The summed E-state index contributed by atoms with van der Waals surface area (Å²) in [4.78, 5) is 26.4. The number of Topliss-reactive ketones (excluding diaryl/α,β-unsaturated/α-hetero) is 1. The molecule has 0 atom stereocenters. The molecule has 0 bridgehead atoms. The summed E-state index contributed by atoms with van der Waals surface area (Å²) in [6, 6.07) is 11.4. The first kappa shape index (κ1) is 22.7. The molecule has 7 nitrogen and oxygen atoms in total. The van der Waals surface area contributed by atoms with Gasteiger partial charge in [-0.05, 0) is 61.7 Å². The molecule has 3 rings (SSSR count). The van der Waals surface area contributed by atoms with Crippen LogP contribution >= 0.6 is 0 Å². The van der Waals surface area contributed by atoms with Crippen LogP contribution in [0.2, 0.25) is 0 Å². The van der Waals surface area contributed by atoms with Gasteiger partial charge in [0.1, 0.15) is 5.84 Å². The summed E-state index contributed by atoms with van der Waals surface area (Å²) in [5.41, 5.74) is 3.21. The van der Waals surface area contributed by atoms with Gasteiger partial charge < -0.3 is 10.2 Å². The van der Waals surface area contributed by atoms with Crippen LogP contribution in [-0.4, -0.2) is 44.4 Å². The molecule has 0 unspecified atom stereocenters. The second kappa shape index (κ2) is 9.43. The molecule has 1 aliphatic heterocycles. The maximum atomic E-state index is 12.5. The number of hydrogen-bond acceptors (Lipinski definition) is 4. The molecule has 31 heavy (non-hydrogen) atoms. The highest BCUT2D eigenvalue weighted by Gasteiger charge is 2.20. The Bertz CT molecular complexity index is 1120. The van der Waals surface area contributed by atoms with Crippen molar-refractivity contribution in [1.29, 1.82) is 0 Å². The number of sulfonamides is 1. The van der Waals surface area contributed by atoms with E-state index in [1.165, 1.54) is 24.3 Å². The SMILES string of the molecule is Cc1ccc(C(=O)CCC(=O)Nc2ccc(S(=O)(=O)/N=C3\CCCN3C)cc2)cc1C. The van der Waals surface area contributed by atoms with Gasteiger partial charge in [0, 0.05) is 44.1 Å². The molecule has 2 aromatic carbocycles. The molecule has 1 fully saturated rings. The highest BCUT2D eigenvalue weighted by Crippen LogP contribution is 2.19. The lowest BCUT2D eigenvalue weighted by Crippen LogP contribution is -2.20. The van der Waals surface area contributed by atoms with Crippen LogP contribution in [0.5, 0.6) is 0 Å². The maximum Gasteiger partial charge on any atom is 0.283 e. The van der Waals surface area contributed by atoms with Crippen molar-refractivity contribution >= 4 is 33.2 Å². The molecule has 0 spiro atoms. The van der Waals surface area contributed by atoms with Crippen molar-refractivity contribution in [3.8, 4) is 0 Å². The fourth-order valence-electron chi connectivity index (χ4n) is 3.32. The number of nitrogens with one attached hydrogen (secondary N) is 1. The fraction of sp³-hybridized carbons (Fsp3) is 0.348. The van der Waals surface area contributed by atoms with Crippen LogP contribution in [0.1, 0.15) is 47.2 Å². The number of ketones is 1. The van der Waals surface area contributed by atoms with Crippen molar-refractivity contribution in [3.63, 3.8) is 0 Å². The van der Waals surface area contributed by atoms with Gasteiger partial charge in [-0.15, -0.1) is 4.40 Å². The zero-order valence-electron chi connectivity index (χ0n) is 18.0. The maximum absolute atomic E-state index is 12.5. The van der Waals surface area contributed by atoms with E-state index in [1.807, 2.05) is 37.9 Å². The smallest absolute Gasteiger partial charge is 0.283 e. The van der Waals surface area contributed by atoms with Crippen LogP contribution in [0, 0.1) is 13.8 Å². The van der Waals surface area contributed by atoms with E-state index in [2.05, 4.69) is 9.71 Å². The molecule has 1 heterocycles. The average Bonchev–Trinajstić information content (AvgIpc) is 3.12. The lowest BCUT2D eigenvalue weighted by Gasteiger charge is -2.11. The predicted octanol–water partition coefficient (Wildman–Crippen LogP) is 3.72. The largest absolute Gasteiger partial charge is 0.362 e. The Morgan fingerprint density at radius 3 is 2.35 bits per heavy atom. The summed E-state index contributed by atoms with van der Waals surface area (Å²) in [5.74, 6) is 0.169. The van der Waals surface area contributed by atoms with Crippen LogP contribution in [0.25, 0.3) is 0 Å². The Balaban J connectivity index is 1.57. The minimum absolute atomic E-state index is 0.0474. The highest BCUT2D eigenvalue weighted by atomic mass is 32.2. The van der Waals surface area contributed by atoms with E-state index in [0.717, 1.165) is 24.1 Å². The molecule has 164 valence electrons. The van der Waals surface area contributed by atoms with E-state index in [4.69, 9.17) is 0 Å². The van der Waals surface area contributed by atoms with Crippen molar-refractivity contribution in [1.82, 2.24) is 4.90 Å². The second-order valence-corrected chi connectivity index (χ2v) is 9.41. The first-order chi connectivity index (χ1) is 14.7. The molecule has 0 radical (unpaired) electrons. The number of carbonyl (C=O) groups is 2. The van der Waals surface area contributed by atoms with Crippen molar-refractivity contribution < 1.29 is 18.0 Å². The monoisotopic (exact) mass is 441 g/mol. The van der Waals surface area contributed by atoms with Crippen LogP contribution in [0.15, 0.2) is 51.8 Å². The quantitative estimate of drug-likeness (QED) is 0.661. The normalized spacial score (nSPS) is 15.3. The number of amides is 1. The molecule has 0 saturated carbocycles. The van der Waals surface area contributed by atoms with E-state index < -0.39 is 10.0 Å². The van der Waals surface area contributed by atoms with Gasteiger partial charge in [0.15, 0.2) is 5.78 Å². The van der Waals surface area contributed by atoms with E-state index >= 15 is 0 Å². The molecular weight excluding hydrogens is 414 g/mol. The minimum atomic E-state index is -3.79. The zero-order valence-corrected chi connectivity index (χ0v) is 18.8. The van der Waals surface area contributed by atoms with Crippen LogP contribution in [0.3, 0.4) is 0 Å². The van der Waals surface area contributed by atoms with Crippen molar-refractivity contribution in [3.05, 3.63) is 59.2 Å². The van der Waals surface area contributed by atoms with Crippen LogP contribution in [-0.2, 0) is 14.8 Å². The van der Waals surface area contributed by atoms with E-state index in [0.29, 0.717) is 23.5 Å². The molecule has 0 aromatic heterocycles. The van der Waals surface area contributed by atoms with Crippen LogP contribution < -0.4 is 5.32 Å². The number of benzene rings is 2. The summed E-state index contributed by atoms with van der Waals surface area (Å²) in [5, 5.41) is 2.70. The van der Waals surface area contributed by atoms with Gasteiger partial charge in [0.05, 0.1) is 4.90 Å². The molecule has 1 aliphatic rings. The number of aryl methyl sites for hydroxylation is 2. The predicted molar refractivity (Wildman–Crippen MR) is 121 cm³/mol. The summed E-state index contributed by atoms with van der Waals surface area (Å²) >= 11 is 0. The molecule has 1 amide bonds. The lowest BCUT2D eigenvalue weighted by molar-refractivity contribution is -0.116. The van der Waals surface area contributed by atoms with Gasteiger partial charge in [-0.2, -0.15) is 8.42 Å². The minimum Gasteiger partial charge on any atom is -0.362 e. The molecule has 1 N–H and O–H groups in total. The molecule has 2 aromatic rings. The first-order valence-corrected chi connectivity index (χ1v) is 11.6. The fourth-order valence-corrected chi connectivity index (χ4v) is 4.41. The number of amidine groups is 1.